The first kappa shape index (κ1) is 13.4. The summed E-state index contributed by atoms with van der Waals surface area (Å²) in [5, 5.41) is 3.26. The van der Waals surface area contributed by atoms with Gasteiger partial charge < -0.3 is 16.8 Å². The molecule has 0 radical (unpaired) electrons. The van der Waals surface area contributed by atoms with E-state index < -0.39 is 5.91 Å². The van der Waals surface area contributed by atoms with Gasteiger partial charge in [0.1, 0.15) is 0 Å². The number of hydrogen-bond donors (Lipinski definition) is 3. The number of nitrogens with one attached hydrogen (secondary N) is 1. The minimum atomic E-state index is -0.450. The van der Waals surface area contributed by atoms with E-state index in [2.05, 4.69) is 21.2 Å². The summed E-state index contributed by atoms with van der Waals surface area (Å²) in [5.74, 6) is -0.450. The van der Waals surface area contributed by atoms with Gasteiger partial charge in [-0.2, -0.15) is 0 Å². The van der Waals surface area contributed by atoms with E-state index in [9.17, 15) is 4.79 Å². The first-order valence-electron chi connectivity index (χ1n) is 5.74. The Morgan fingerprint density at radius 3 is 2.63 bits per heavy atom. The van der Waals surface area contributed by atoms with Crippen molar-refractivity contribution in [2.45, 2.75) is 6.54 Å². The van der Waals surface area contributed by atoms with Crippen molar-refractivity contribution in [3.63, 3.8) is 0 Å². The van der Waals surface area contributed by atoms with Crippen molar-refractivity contribution < 1.29 is 4.79 Å². The summed E-state index contributed by atoms with van der Waals surface area (Å²) in [5.41, 5.74) is 14.2. The van der Waals surface area contributed by atoms with Crippen LogP contribution in [0.3, 0.4) is 0 Å². The predicted molar refractivity (Wildman–Crippen MR) is 80.8 cm³/mol. The molecule has 2 aromatic rings. The van der Waals surface area contributed by atoms with Gasteiger partial charge in [-0.15, -0.1) is 0 Å². The van der Waals surface area contributed by atoms with E-state index in [1.54, 1.807) is 6.07 Å². The third-order valence-corrected chi connectivity index (χ3v) is 3.34. The number of nitrogens with two attached hydrogens (primary N) is 2. The van der Waals surface area contributed by atoms with Crippen molar-refractivity contribution in [2.24, 2.45) is 5.73 Å². The Hall–Kier alpha value is -2.01. The highest BCUT2D eigenvalue weighted by Crippen LogP contribution is 2.21. The molecule has 2 rings (SSSR count). The van der Waals surface area contributed by atoms with Crippen molar-refractivity contribution in [3.8, 4) is 0 Å². The second kappa shape index (κ2) is 5.75. The van der Waals surface area contributed by atoms with Gasteiger partial charge in [-0.05, 0) is 51.8 Å². The molecule has 5 N–H and O–H groups in total. The third-order valence-electron chi connectivity index (χ3n) is 2.68. The van der Waals surface area contributed by atoms with Crippen LogP contribution in [0.2, 0.25) is 0 Å². The number of amides is 1. The van der Waals surface area contributed by atoms with E-state index >= 15 is 0 Å². The molecule has 0 saturated carbocycles. The zero-order chi connectivity index (χ0) is 13.8. The molecule has 0 heterocycles. The van der Waals surface area contributed by atoms with Crippen LogP contribution < -0.4 is 16.8 Å². The molecule has 0 aliphatic heterocycles. The number of nitrogen functional groups attached to an aromatic ring is 1. The average molecular weight is 320 g/mol. The Kier molecular flexibility index (Phi) is 4.06. The number of benzene rings is 2. The van der Waals surface area contributed by atoms with Crippen LogP contribution in [0.4, 0.5) is 11.4 Å². The summed E-state index contributed by atoms with van der Waals surface area (Å²) < 4.78 is 0.678. The predicted octanol–water partition coefficient (Wildman–Crippen LogP) is 2.74. The molecular formula is C14H14BrN3O. The van der Waals surface area contributed by atoms with Gasteiger partial charge in [0.25, 0.3) is 0 Å². The van der Waals surface area contributed by atoms with Crippen molar-refractivity contribution >= 4 is 33.2 Å². The fourth-order valence-electron chi connectivity index (χ4n) is 1.73. The highest BCUT2D eigenvalue weighted by molar-refractivity contribution is 9.10. The van der Waals surface area contributed by atoms with Gasteiger partial charge in [0.05, 0.1) is 5.56 Å². The van der Waals surface area contributed by atoms with Crippen LogP contribution in [-0.2, 0) is 6.54 Å². The number of hydrogen-bond acceptors (Lipinski definition) is 3. The highest BCUT2D eigenvalue weighted by Gasteiger charge is 2.06. The summed E-state index contributed by atoms with van der Waals surface area (Å²) in [7, 11) is 0. The highest BCUT2D eigenvalue weighted by atomic mass is 79.9. The number of anilines is 2. The molecular weight excluding hydrogens is 306 g/mol. The smallest absolute Gasteiger partial charge is 0.249 e. The number of halogens is 1. The minimum Gasteiger partial charge on any atom is -0.399 e. The summed E-state index contributed by atoms with van der Waals surface area (Å²) in [6, 6.07) is 13.0. The molecule has 0 fully saturated rings. The molecule has 0 spiro atoms. The summed E-state index contributed by atoms with van der Waals surface area (Å²) in [6.45, 7) is 0.660. The fraction of sp³-hybridized carbons (Fsp3) is 0.0714. The lowest BCUT2D eigenvalue weighted by Gasteiger charge is -2.09. The Balaban J connectivity index is 2.08. The van der Waals surface area contributed by atoms with Crippen LogP contribution in [0.1, 0.15) is 15.9 Å². The van der Waals surface area contributed by atoms with E-state index in [4.69, 9.17) is 11.5 Å². The summed E-state index contributed by atoms with van der Waals surface area (Å²) in [6.07, 6.45) is 0. The number of carbonyl (C=O) groups excluding carboxylic acids is 1. The maximum atomic E-state index is 11.1. The molecule has 1 amide bonds. The van der Waals surface area contributed by atoms with Gasteiger partial charge in [-0.25, -0.2) is 0 Å². The molecule has 4 nitrogen and oxygen atoms in total. The van der Waals surface area contributed by atoms with Crippen LogP contribution >= 0.6 is 15.9 Å². The van der Waals surface area contributed by atoms with E-state index in [-0.39, 0.29) is 0 Å². The van der Waals surface area contributed by atoms with Gasteiger partial charge >= 0.3 is 0 Å². The van der Waals surface area contributed by atoms with Crippen LogP contribution in [0.25, 0.3) is 0 Å². The Morgan fingerprint density at radius 1 is 1.21 bits per heavy atom. The lowest BCUT2D eigenvalue weighted by atomic mass is 10.1. The molecule has 2 aromatic carbocycles. The summed E-state index contributed by atoms with van der Waals surface area (Å²) in [4.78, 5) is 11.1. The van der Waals surface area contributed by atoms with Crippen LogP contribution in [0.15, 0.2) is 46.9 Å². The van der Waals surface area contributed by atoms with E-state index in [1.807, 2.05) is 36.4 Å². The quantitative estimate of drug-likeness (QED) is 0.758. The maximum Gasteiger partial charge on any atom is 0.249 e. The van der Waals surface area contributed by atoms with Gasteiger partial charge in [-0.3, -0.25) is 4.79 Å². The Labute approximate surface area is 119 Å². The zero-order valence-corrected chi connectivity index (χ0v) is 11.8. The summed E-state index contributed by atoms with van der Waals surface area (Å²) >= 11 is 3.32. The van der Waals surface area contributed by atoms with Gasteiger partial charge in [0.2, 0.25) is 5.91 Å². The lowest BCUT2D eigenvalue weighted by Crippen LogP contribution is -2.11. The number of rotatable bonds is 4. The molecule has 0 aromatic heterocycles. The van der Waals surface area contributed by atoms with Gasteiger partial charge in [0, 0.05) is 22.4 Å². The average Bonchev–Trinajstić information content (AvgIpc) is 2.36. The molecule has 19 heavy (non-hydrogen) atoms. The fourth-order valence-corrected chi connectivity index (χ4v) is 2.31. The molecule has 0 atom stereocenters. The van der Waals surface area contributed by atoms with E-state index in [0.29, 0.717) is 16.6 Å². The van der Waals surface area contributed by atoms with Crippen LogP contribution in [-0.4, -0.2) is 5.91 Å². The first-order valence-corrected chi connectivity index (χ1v) is 6.53. The molecule has 98 valence electrons. The van der Waals surface area contributed by atoms with Gasteiger partial charge in [0.15, 0.2) is 0 Å². The van der Waals surface area contributed by atoms with Crippen LogP contribution in [0, 0.1) is 0 Å². The van der Waals surface area contributed by atoms with Crippen molar-refractivity contribution in [3.05, 3.63) is 58.1 Å². The molecule has 0 bridgehead atoms. The molecule has 0 unspecified atom stereocenters. The second-order valence-electron chi connectivity index (χ2n) is 4.16. The maximum absolute atomic E-state index is 11.1. The van der Waals surface area contributed by atoms with Gasteiger partial charge in [-0.1, -0.05) is 12.1 Å². The van der Waals surface area contributed by atoms with Crippen LogP contribution in [0.5, 0.6) is 0 Å². The second-order valence-corrected chi connectivity index (χ2v) is 5.01. The van der Waals surface area contributed by atoms with Crippen molar-refractivity contribution in [2.75, 3.05) is 11.1 Å². The third kappa shape index (κ3) is 3.48. The van der Waals surface area contributed by atoms with Crippen molar-refractivity contribution in [1.82, 2.24) is 0 Å². The normalized spacial score (nSPS) is 10.2. The molecule has 0 aliphatic carbocycles. The van der Waals surface area contributed by atoms with E-state index in [0.717, 1.165) is 16.9 Å². The molecule has 0 aliphatic rings. The SMILES string of the molecule is NC(=O)c1ccc(NCc2cccc(N)c2)cc1Br. The molecule has 0 saturated heterocycles. The lowest BCUT2D eigenvalue weighted by molar-refractivity contribution is 0.0999. The van der Waals surface area contributed by atoms with E-state index in [1.165, 1.54) is 0 Å². The first-order chi connectivity index (χ1) is 9.06. The number of primary amides is 1. The Morgan fingerprint density at radius 2 is 2.00 bits per heavy atom. The van der Waals surface area contributed by atoms with Crippen molar-refractivity contribution in [1.29, 1.82) is 0 Å². The zero-order valence-electron chi connectivity index (χ0n) is 10.2. The standard InChI is InChI=1S/C14H14BrN3O/c15-13-7-11(4-5-12(13)14(17)19)18-8-9-2-1-3-10(16)6-9/h1-7,18H,8,16H2,(H2,17,19). The monoisotopic (exact) mass is 319 g/mol. The minimum absolute atomic E-state index is 0.450. The Bertz CT molecular complexity index is 613. The topological polar surface area (TPSA) is 81.1 Å². The largest absolute Gasteiger partial charge is 0.399 e. The number of carbonyl (C=O) groups is 1. The molecule has 5 heteroatoms.